The summed E-state index contributed by atoms with van der Waals surface area (Å²) in [7, 11) is 0. The predicted molar refractivity (Wildman–Crippen MR) is 74.8 cm³/mol. The number of anilines is 1. The number of nitrogens with two attached hydrogens (primary N) is 1. The summed E-state index contributed by atoms with van der Waals surface area (Å²) in [4.78, 5) is 4.02. The molecule has 0 amide bonds. The quantitative estimate of drug-likeness (QED) is 0.730. The van der Waals surface area contributed by atoms with Gasteiger partial charge in [0, 0.05) is 22.1 Å². The van der Waals surface area contributed by atoms with Gasteiger partial charge in [0.2, 0.25) is 0 Å². The molecule has 1 aromatic carbocycles. The molecule has 3 rings (SSSR count). The van der Waals surface area contributed by atoms with Gasteiger partial charge in [-0.2, -0.15) is 0 Å². The van der Waals surface area contributed by atoms with Crippen molar-refractivity contribution in [2.24, 2.45) is 0 Å². The second kappa shape index (κ2) is 4.66. The summed E-state index contributed by atoms with van der Waals surface area (Å²) in [6.07, 6.45) is 3.45. The molecule has 0 radical (unpaired) electrons. The number of hydrogen-bond acceptors (Lipinski definition) is 4. The molecule has 3 nitrogen and oxygen atoms in total. The van der Waals surface area contributed by atoms with E-state index in [-0.39, 0.29) is 0 Å². The van der Waals surface area contributed by atoms with Gasteiger partial charge in [-0.15, -0.1) is 11.3 Å². The van der Waals surface area contributed by atoms with Crippen molar-refractivity contribution in [1.82, 2.24) is 4.98 Å². The van der Waals surface area contributed by atoms with Gasteiger partial charge in [0.15, 0.2) is 0 Å². The van der Waals surface area contributed by atoms with Crippen LogP contribution < -0.4 is 10.5 Å². The minimum atomic E-state index is 0.551. The normalized spacial score (nSPS) is 10.7. The molecule has 0 saturated heterocycles. The summed E-state index contributed by atoms with van der Waals surface area (Å²) in [6.45, 7) is 0.551. The molecule has 0 spiro atoms. The molecule has 0 bridgehead atoms. The number of benzene rings is 1. The summed E-state index contributed by atoms with van der Waals surface area (Å²) in [5, 5.41) is 3.32. The standard InChI is InChI=1S/C14H12N2OS/c15-11-3-4-13-10(9-18-14(13)6-11)8-17-12-2-1-5-16-7-12/h1-7,9H,8,15H2. The van der Waals surface area contributed by atoms with Crippen molar-refractivity contribution in [2.45, 2.75) is 6.61 Å². The van der Waals surface area contributed by atoms with E-state index in [9.17, 15) is 0 Å². The maximum absolute atomic E-state index is 5.77. The van der Waals surface area contributed by atoms with Crippen molar-refractivity contribution in [3.8, 4) is 5.75 Å². The summed E-state index contributed by atoms with van der Waals surface area (Å²) < 4.78 is 6.90. The van der Waals surface area contributed by atoms with Crippen LogP contribution >= 0.6 is 11.3 Å². The fourth-order valence-electron chi connectivity index (χ4n) is 1.81. The van der Waals surface area contributed by atoms with E-state index < -0.39 is 0 Å². The van der Waals surface area contributed by atoms with Crippen LogP contribution in [-0.2, 0) is 6.61 Å². The SMILES string of the molecule is Nc1ccc2c(COc3cccnc3)csc2c1. The van der Waals surface area contributed by atoms with Gasteiger partial charge in [0.25, 0.3) is 0 Å². The topological polar surface area (TPSA) is 48.1 Å². The highest BCUT2D eigenvalue weighted by Crippen LogP contribution is 2.28. The van der Waals surface area contributed by atoms with E-state index in [0.29, 0.717) is 6.61 Å². The van der Waals surface area contributed by atoms with Crippen LogP contribution in [0.5, 0.6) is 5.75 Å². The lowest BCUT2D eigenvalue weighted by Gasteiger charge is -2.04. The van der Waals surface area contributed by atoms with Gasteiger partial charge in [-0.3, -0.25) is 4.98 Å². The average Bonchev–Trinajstić information content (AvgIpc) is 2.80. The van der Waals surface area contributed by atoms with Crippen molar-refractivity contribution in [3.05, 3.63) is 53.7 Å². The number of ether oxygens (including phenoxy) is 1. The Morgan fingerprint density at radius 2 is 2.22 bits per heavy atom. The predicted octanol–water partition coefficient (Wildman–Crippen LogP) is 3.46. The number of aromatic nitrogens is 1. The summed E-state index contributed by atoms with van der Waals surface area (Å²) in [6, 6.07) is 9.72. The lowest BCUT2D eigenvalue weighted by atomic mass is 10.2. The Hall–Kier alpha value is -2.07. The number of hydrogen-bond donors (Lipinski definition) is 1. The smallest absolute Gasteiger partial charge is 0.138 e. The number of fused-ring (bicyclic) bond motifs is 1. The first kappa shape index (κ1) is 11.0. The Morgan fingerprint density at radius 1 is 1.28 bits per heavy atom. The molecular formula is C14H12N2OS. The molecular weight excluding hydrogens is 244 g/mol. The van der Waals surface area contributed by atoms with Crippen molar-refractivity contribution in [3.63, 3.8) is 0 Å². The third-order valence-electron chi connectivity index (χ3n) is 2.71. The van der Waals surface area contributed by atoms with Crippen LogP contribution in [0, 0.1) is 0 Å². The summed E-state index contributed by atoms with van der Waals surface area (Å²) >= 11 is 1.69. The van der Waals surface area contributed by atoms with Crippen LogP contribution in [0.4, 0.5) is 5.69 Å². The Morgan fingerprint density at radius 3 is 3.06 bits per heavy atom. The van der Waals surface area contributed by atoms with E-state index in [4.69, 9.17) is 10.5 Å². The molecule has 18 heavy (non-hydrogen) atoms. The summed E-state index contributed by atoms with van der Waals surface area (Å²) in [5.74, 6) is 0.785. The van der Waals surface area contributed by atoms with Crippen molar-refractivity contribution in [1.29, 1.82) is 0 Å². The molecule has 0 aliphatic heterocycles. The van der Waals surface area contributed by atoms with Gasteiger partial charge >= 0.3 is 0 Å². The fourth-order valence-corrected chi connectivity index (χ4v) is 2.80. The van der Waals surface area contributed by atoms with E-state index in [0.717, 1.165) is 11.4 Å². The molecule has 0 unspecified atom stereocenters. The van der Waals surface area contributed by atoms with Crippen molar-refractivity contribution >= 4 is 27.1 Å². The zero-order valence-electron chi connectivity index (χ0n) is 9.67. The van der Waals surface area contributed by atoms with Crippen LogP contribution in [0.1, 0.15) is 5.56 Å². The lowest BCUT2D eigenvalue weighted by Crippen LogP contribution is -1.94. The molecule has 4 heteroatoms. The van der Waals surface area contributed by atoms with E-state index in [1.54, 1.807) is 23.7 Å². The highest BCUT2D eigenvalue weighted by molar-refractivity contribution is 7.17. The second-order valence-corrected chi connectivity index (χ2v) is 4.91. The maximum atomic E-state index is 5.77. The highest BCUT2D eigenvalue weighted by atomic mass is 32.1. The van der Waals surface area contributed by atoms with Crippen LogP contribution in [0.2, 0.25) is 0 Å². The van der Waals surface area contributed by atoms with E-state index in [1.165, 1.54) is 15.6 Å². The molecule has 0 fully saturated rings. The molecule has 2 heterocycles. The zero-order valence-corrected chi connectivity index (χ0v) is 10.5. The number of pyridine rings is 1. The van der Waals surface area contributed by atoms with E-state index >= 15 is 0 Å². The van der Waals surface area contributed by atoms with Gasteiger partial charge in [-0.05, 0) is 35.0 Å². The minimum Gasteiger partial charge on any atom is -0.487 e. The molecule has 90 valence electrons. The summed E-state index contributed by atoms with van der Waals surface area (Å²) in [5.41, 5.74) is 7.74. The first-order valence-electron chi connectivity index (χ1n) is 5.61. The first-order chi connectivity index (χ1) is 8.83. The van der Waals surface area contributed by atoms with Crippen LogP contribution in [0.15, 0.2) is 48.1 Å². The van der Waals surface area contributed by atoms with Gasteiger partial charge in [-0.25, -0.2) is 0 Å². The molecule has 2 aromatic heterocycles. The molecule has 2 N–H and O–H groups in total. The third kappa shape index (κ3) is 2.15. The second-order valence-electron chi connectivity index (χ2n) is 3.99. The zero-order chi connectivity index (χ0) is 12.4. The molecule has 0 aliphatic rings. The van der Waals surface area contributed by atoms with Crippen LogP contribution in [-0.4, -0.2) is 4.98 Å². The van der Waals surface area contributed by atoms with Gasteiger partial charge in [0.1, 0.15) is 12.4 Å². The van der Waals surface area contributed by atoms with Gasteiger partial charge < -0.3 is 10.5 Å². The van der Waals surface area contributed by atoms with Crippen molar-refractivity contribution < 1.29 is 4.74 Å². The minimum absolute atomic E-state index is 0.551. The highest BCUT2D eigenvalue weighted by Gasteiger charge is 2.05. The van der Waals surface area contributed by atoms with Crippen LogP contribution in [0.3, 0.4) is 0 Å². The number of thiophene rings is 1. The molecule has 0 atom stereocenters. The molecule has 3 aromatic rings. The molecule has 0 saturated carbocycles. The lowest BCUT2D eigenvalue weighted by molar-refractivity contribution is 0.307. The van der Waals surface area contributed by atoms with E-state index in [1.807, 2.05) is 30.3 Å². The first-order valence-corrected chi connectivity index (χ1v) is 6.49. The van der Waals surface area contributed by atoms with E-state index in [2.05, 4.69) is 10.4 Å². The maximum Gasteiger partial charge on any atom is 0.138 e. The Kier molecular flexibility index (Phi) is 2.86. The fraction of sp³-hybridized carbons (Fsp3) is 0.0714. The molecule has 0 aliphatic carbocycles. The van der Waals surface area contributed by atoms with Crippen LogP contribution in [0.25, 0.3) is 10.1 Å². The Bertz CT molecular complexity index is 664. The monoisotopic (exact) mass is 256 g/mol. The number of nitrogens with zero attached hydrogens (tertiary/aromatic N) is 1. The van der Waals surface area contributed by atoms with Crippen molar-refractivity contribution in [2.75, 3.05) is 5.73 Å². The average molecular weight is 256 g/mol. The number of nitrogen functional groups attached to an aromatic ring is 1. The number of rotatable bonds is 3. The third-order valence-corrected chi connectivity index (χ3v) is 3.70. The largest absolute Gasteiger partial charge is 0.487 e. The van der Waals surface area contributed by atoms with Gasteiger partial charge in [0.05, 0.1) is 6.20 Å². The Labute approximate surface area is 109 Å². The Balaban J connectivity index is 1.83. The van der Waals surface area contributed by atoms with Gasteiger partial charge in [-0.1, -0.05) is 6.07 Å².